The average Bonchev–Trinajstić information content (AvgIpc) is 3.05. The number of nitrogens with one attached hydrogen (secondary N) is 1. The Hall–Kier alpha value is -3.51. The van der Waals surface area contributed by atoms with Crippen LogP contribution in [-0.2, 0) is 16.0 Å². The number of carbonyl (C=O) groups is 2. The Bertz CT molecular complexity index is 1070. The number of benzene rings is 3. The molecule has 0 radical (unpaired) electrons. The lowest BCUT2D eigenvalue weighted by Gasteiger charge is -2.24. The van der Waals surface area contributed by atoms with Gasteiger partial charge >= 0.3 is 0 Å². The number of nitrogens with zero attached hydrogens (tertiary/aromatic N) is 2. The summed E-state index contributed by atoms with van der Waals surface area (Å²) >= 11 is 5.71. The molecule has 6 heteroatoms. The predicted octanol–water partition coefficient (Wildman–Crippen LogP) is 4.65. The number of hydrogen-bond acceptors (Lipinski definition) is 3. The first-order valence-electron chi connectivity index (χ1n) is 10.7. The Morgan fingerprint density at radius 3 is 2.12 bits per heavy atom. The summed E-state index contributed by atoms with van der Waals surface area (Å²) in [7, 11) is 0. The molecule has 0 saturated carbocycles. The fourth-order valence-corrected chi connectivity index (χ4v) is 4.32. The standard InChI is InChI=1S/C26H25N3O2S/c30-24(27-21-14-6-2-7-15-21)19-23-25(31)29(22-16-8-3-9-17-22)26(32)28(23)18-10-13-20-11-4-1-5-12-20/h1-9,11-12,14-17,23H,10,13,18-19H2,(H,27,30). The second kappa shape index (κ2) is 10.2. The summed E-state index contributed by atoms with van der Waals surface area (Å²) < 4.78 is 0. The van der Waals surface area contributed by atoms with Crippen molar-refractivity contribution in [3.63, 3.8) is 0 Å². The quantitative estimate of drug-likeness (QED) is 0.515. The van der Waals surface area contributed by atoms with Gasteiger partial charge in [0.05, 0.1) is 12.1 Å². The fraction of sp³-hybridized carbons (Fsp3) is 0.192. The van der Waals surface area contributed by atoms with Gasteiger partial charge in [0.15, 0.2) is 5.11 Å². The van der Waals surface area contributed by atoms with Crippen molar-refractivity contribution < 1.29 is 9.59 Å². The SMILES string of the molecule is O=C(CC1C(=O)N(c2ccccc2)C(=S)N1CCCc1ccccc1)Nc1ccccc1. The largest absolute Gasteiger partial charge is 0.336 e. The summed E-state index contributed by atoms with van der Waals surface area (Å²) in [6, 6.07) is 28.2. The molecular weight excluding hydrogens is 418 g/mol. The zero-order valence-electron chi connectivity index (χ0n) is 17.7. The van der Waals surface area contributed by atoms with E-state index in [-0.39, 0.29) is 18.2 Å². The zero-order chi connectivity index (χ0) is 22.3. The lowest BCUT2D eigenvalue weighted by atomic mass is 10.1. The molecule has 32 heavy (non-hydrogen) atoms. The molecule has 0 aromatic heterocycles. The van der Waals surface area contributed by atoms with Gasteiger partial charge in [0.2, 0.25) is 5.91 Å². The molecule has 4 rings (SSSR count). The Balaban J connectivity index is 1.50. The summed E-state index contributed by atoms with van der Waals surface area (Å²) in [5, 5.41) is 3.33. The minimum atomic E-state index is -0.623. The summed E-state index contributed by atoms with van der Waals surface area (Å²) in [5.74, 6) is -0.371. The van der Waals surface area contributed by atoms with Crippen LogP contribution in [0.5, 0.6) is 0 Å². The molecule has 0 spiro atoms. The third-order valence-corrected chi connectivity index (χ3v) is 5.89. The van der Waals surface area contributed by atoms with Gasteiger partial charge < -0.3 is 10.2 Å². The smallest absolute Gasteiger partial charge is 0.256 e. The minimum Gasteiger partial charge on any atom is -0.336 e. The first kappa shape index (κ1) is 21.7. The molecular formula is C26H25N3O2S. The summed E-state index contributed by atoms with van der Waals surface area (Å²) in [6.07, 6.45) is 1.75. The summed E-state index contributed by atoms with van der Waals surface area (Å²) in [5.41, 5.74) is 2.67. The van der Waals surface area contributed by atoms with Gasteiger partial charge in [-0.15, -0.1) is 0 Å². The van der Waals surface area contributed by atoms with Gasteiger partial charge in [-0.1, -0.05) is 66.7 Å². The Labute approximate surface area is 193 Å². The van der Waals surface area contributed by atoms with Crippen LogP contribution in [0, 0.1) is 0 Å². The molecule has 5 nitrogen and oxygen atoms in total. The van der Waals surface area contributed by atoms with E-state index in [0.29, 0.717) is 17.3 Å². The van der Waals surface area contributed by atoms with E-state index in [1.807, 2.05) is 83.8 Å². The van der Waals surface area contributed by atoms with E-state index in [9.17, 15) is 9.59 Å². The van der Waals surface area contributed by atoms with Crippen LogP contribution in [0.25, 0.3) is 0 Å². The summed E-state index contributed by atoms with van der Waals surface area (Å²) in [6.45, 7) is 0.603. The number of amides is 2. The van der Waals surface area contributed by atoms with Gasteiger partial charge in [0.1, 0.15) is 6.04 Å². The number of para-hydroxylation sites is 2. The van der Waals surface area contributed by atoms with Crippen LogP contribution in [0.15, 0.2) is 91.0 Å². The lowest BCUT2D eigenvalue weighted by molar-refractivity contribution is -0.124. The molecule has 1 saturated heterocycles. The van der Waals surface area contributed by atoms with Crippen molar-refractivity contribution in [3.8, 4) is 0 Å². The maximum atomic E-state index is 13.4. The van der Waals surface area contributed by atoms with Crippen LogP contribution >= 0.6 is 12.2 Å². The Kier molecular flexibility index (Phi) is 6.92. The van der Waals surface area contributed by atoms with Crippen LogP contribution in [-0.4, -0.2) is 34.4 Å². The molecule has 1 unspecified atom stereocenters. The molecule has 0 bridgehead atoms. The Morgan fingerprint density at radius 1 is 0.875 bits per heavy atom. The van der Waals surface area contributed by atoms with Gasteiger partial charge in [-0.3, -0.25) is 14.5 Å². The topological polar surface area (TPSA) is 52.7 Å². The summed E-state index contributed by atoms with van der Waals surface area (Å²) in [4.78, 5) is 29.6. The lowest BCUT2D eigenvalue weighted by Crippen LogP contribution is -2.38. The van der Waals surface area contributed by atoms with E-state index < -0.39 is 6.04 Å². The maximum Gasteiger partial charge on any atom is 0.256 e. The zero-order valence-corrected chi connectivity index (χ0v) is 18.5. The molecule has 1 atom stereocenters. The van der Waals surface area contributed by atoms with Crippen LogP contribution < -0.4 is 10.2 Å². The first-order chi connectivity index (χ1) is 15.6. The third kappa shape index (κ3) is 5.03. The molecule has 1 aliphatic heterocycles. The molecule has 3 aromatic carbocycles. The van der Waals surface area contributed by atoms with Crippen LogP contribution in [0.3, 0.4) is 0 Å². The van der Waals surface area contributed by atoms with Gasteiger partial charge in [-0.2, -0.15) is 0 Å². The van der Waals surface area contributed by atoms with Gasteiger partial charge in [-0.05, 0) is 54.9 Å². The van der Waals surface area contributed by atoms with Crippen molar-refractivity contribution in [2.24, 2.45) is 0 Å². The molecule has 1 aliphatic rings. The van der Waals surface area contributed by atoms with Crippen LogP contribution in [0.4, 0.5) is 11.4 Å². The van der Waals surface area contributed by atoms with E-state index in [4.69, 9.17) is 12.2 Å². The number of thiocarbonyl (C=S) groups is 1. The molecule has 1 fully saturated rings. The minimum absolute atomic E-state index is 0.0442. The maximum absolute atomic E-state index is 13.4. The molecule has 1 heterocycles. The number of anilines is 2. The van der Waals surface area contributed by atoms with Gasteiger partial charge in [0, 0.05) is 12.2 Å². The van der Waals surface area contributed by atoms with Gasteiger partial charge in [0.25, 0.3) is 5.91 Å². The molecule has 2 amide bonds. The van der Waals surface area contributed by atoms with E-state index in [1.54, 1.807) is 4.90 Å². The van der Waals surface area contributed by atoms with Crippen molar-refractivity contribution in [3.05, 3.63) is 96.6 Å². The average molecular weight is 444 g/mol. The predicted molar refractivity (Wildman–Crippen MR) is 131 cm³/mol. The van der Waals surface area contributed by atoms with E-state index in [1.165, 1.54) is 5.56 Å². The second-order valence-electron chi connectivity index (χ2n) is 7.71. The van der Waals surface area contributed by atoms with Crippen molar-refractivity contribution >= 4 is 40.5 Å². The van der Waals surface area contributed by atoms with E-state index in [0.717, 1.165) is 18.5 Å². The van der Waals surface area contributed by atoms with Crippen molar-refractivity contribution in [2.45, 2.75) is 25.3 Å². The monoisotopic (exact) mass is 443 g/mol. The van der Waals surface area contributed by atoms with Crippen molar-refractivity contribution in [2.75, 3.05) is 16.8 Å². The van der Waals surface area contributed by atoms with Gasteiger partial charge in [-0.25, -0.2) is 0 Å². The normalized spacial score (nSPS) is 15.8. The van der Waals surface area contributed by atoms with Crippen LogP contribution in [0.2, 0.25) is 0 Å². The first-order valence-corrected chi connectivity index (χ1v) is 11.1. The number of hydrogen-bond donors (Lipinski definition) is 1. The van der Waals surface area contributed by atoms with Crippen LogP contribution in [0.1, 0.15) is 18.4 Å². The second-order valence-corrected chi connectivity index (χ2v) is 8.07. The third-order valence-electron chi connectivity index (χ3n) is 5.48. The molecule has 0 aliphatic carbocycles. The van der Waals surface area contributed by atoms with Crippen molar-refractivity contribution in [1.29, 1.82) is 0 Å². The Morgan fingerprint density at radius 2 is 1.47 bits per heavy atom. The molecule has 3 aromatic rings. The molecule has 1 N–H and O–H groups in total. The fourth-order valence-electron chi connectivity index (χ4n) is 3.91. The van der Waals surface area contributed by atoms with E-state index in [2.05, 4.69) is 17.4 Å². The highest BCUT2D eigenvalue weighted by Gasteiger charge is 2.43. The number of aryl methyl sites for hydroxylation is 1. The number of carbonyl (C=O) groups excluding carboxylic acids is 2. The molecule has 162 valence electrons. The highest BCUT2D eigenvalue weighted by atomic mass is 32.1. The highest BCUT2D eigenvalue weighted by molar-refractivity contribution is 7.80. The van der Waals surface area contributed by atoms with E-state index >= 15 is 0 Å². The van der Waals surface area contributed by atoms with Crippen molar-refractivity contribution in [1.82, 2.24) is 4.90 Å². The number of rotatable bonds is 8. The highest BCUT2D eigenvalue weighted by Crippen LogP contribution is 2.27.